The molecule has 1 aromatic carbocycles. The lowest BCUT2D eigenvalue weighted by atomic mass is 10.2. The SMILES string of the molecule is COCCOc1nc(N)c2[nH]c(=O)n(Cc3ccc(OCCOCCOCCP(=O)(O)O)cc3)c2n1. The van der Waals surface area contributed by atoms with Gasteiger partial charge >= 0.3 is 19.3 Å². The number of aromatic nitrogens is 4. The molecule has 2 heterocycles. The second-order valence-electron chi connectivity index (χ2n) is 7.55. The number of nitrogen functional groups attached to an aromatic ring is 1. The summed E-state index contributed by atoms with van der Waals surface area (Å²) in [6, 6.07) is 7.28. The van der Waals surface area contributed by atoms with E-state index in [0.29, 0.717) is 36.7 Å². The number of imidazole rings is 1. The van der Waals surface area contributed by atoms with Crippen LogP contribution in [0.4, 0.5) is 5.82 Å². The Kier molecular flexibility index (Phi) is 10.2. The highest BCUT2D eigenvalue weighted by molar-refractivity contribution is 7.51. The number of hydrogen-bond acceptors (Lipinski definition) is 10. The molecule has 0 aliphatic carbocycles. The molecular formula is C21H30N5O9P. The van der Waals surface area contributed by atoms with Crippen molar-refractivity contribution in [3.8, 4) is 11.8 Å². The van der Waals surface area contributed by atoms with Crippen LogP contribution in [-0.4, -0.2) is 88.8 Å². The van der Waals surface area contributed by atoms with E-state index in [0.717, 1.165) is 5.56 Å². The Morgan fingerprint density at radius 2 is 1.64 bits per heavy atom. The molecule has 0 aliphatic rings. The van der Waals surface area contributed by atoms with Gasteiger partial charge in [0.1, 0.15) is 24.5 Å². The number of nitrogens with one attached hydrogen (secondary N) is 1. The van der Waals surface area contributed by atoms with Crippen LogP contribution in [0, 0.1) is 0 Å². The first kappa shape index (κ1) is 27.6. The number of anilines is 1. The molecule has 0 radical (unpaired) electrons. The second kappa shape index (κ2) is 13.3. The van der Waals surface area contributed by atoms with Crippen molar-refractivity contribution in [2.45, 2.75) is 6.54 Å². The van der Waals surface area contributed by atoms with Crippen molar-refractivity contribution in [3.63, 3.8) is 0 Å². The molecule has 198 valence electrons. The normalized spacial score (nSPS) is 11.8. The lowest BCUT2D eigenvalue weighted by molar-refractivity contribution is 0.0402. The van der Waals surface area contributed by atoms with Gasteiger partial charge in [0.05, 0.1) is 45.7 Å². The highest BCUT2D eigenvalue weighted by atomic mass is 31.2. The van der Waals surface area contributed by atoms with E-state index >= 15 is 0 Å². The summed E-state index contributed by atoms with van der Waals surface area (Å²) in [6.07, 6.45) is -0.312. The molecule has 0 bridgehead atoms. The third kappa shape index (κ3) is 8.59. The van der Waals surface area contributed by atoms with Gasteiger partial charge in [-0.2, -0.15) is 9.97 Å². The van der Waals surface area contributed by atoms with Gasteiger partial charge in [-0.3, -0.25) is 9.13 Å². The van der Waals surface area contributed by atoms with Gasteiger partial charge in [0.15, 0.2) is 11.5 Å². The molecule has 0 spiro atoms. The van der Waals surface area contributed by atoms with Crippen molar-refractivity contribution in [1.29, 1.82) is 0 Å². The quantitative estimate of drug-likeness (QED) is 0.148. The third-order valence-electron chi connectivity index (χ3n) is 4.81. The molecule has 3 aromatic rings. The van der Waals surface area contributed by atoms with Crippen molar-refractivity contribution in [2.24, 2.45) is 0 Å². The van der Waals surface area contributed by atoms with Crippen molar-refractivity contribution in [2.75, 3.05) is 65.3 Å². The lowest BCUT2D eigenvalue weighted by Crippen LogP contribution is -2.18. The minimum atomic E-state index is -4.03. The number of nitrogens with zero attached hydrogens (tertiary/aromatic N) is 3. The van der Waals surface area contributed by atoms with Crippen LogP contribution in [0.15, 0.2) is 29.1 Å². The number of nitrogens with two attached hydrogens (primary N) is 1. The van der Waals surface area contributed by atoms with Crippen LogP contribution in [0.3, 0.4) is 0 Å². The van der Waals surface area contributed by atoms with Crippen LogP contribution in [0.25, 0.3) is 11.2 Å². The average molecular weight is 527 g/mol. The smallest absolute Gasteiger partial charge is 0.328 e. The maximum absolute atomic E-state index is 12.5. The lowest BCUT2D eigenvalue weighted by Gasteiger charge is -2.09. The maximum atomic E-state index is 12.5. The molecule has 5 N–H and O–H groups in total. The Labute approximate surface area is 206 Å². The molecule has 0 fully saturated rings. The molecule has 0 atom stereocenters. The average Bonchev–Trinajstić information content (AvgIpc) is 3.14. The minimum Gasteiger partial charge on any atom is -0.491 e. The van der Waals surface area contributed by atoms with E-state index in [-0.39, 0.29) is 56.7 Å². The van der Waals surface area contributed by atoms with E-state index in [1.807, 2.05) is 12.1 Å². The van der Waals surface area contributed by atoms with Gasteiger partial charge < -0.3 is 44.2 Å². The van der Waals surface area contributed by atoms with Crippen LogP contribution in [0.2, 0.25) is 0 Å². The fraction of sp³-hybridized carbons (Fsp3) is 0.476. The molecule has 0 amide bonds. The number of ether oxygens (including phenoxy) is 5. The Morgan fingerprint density at radius 1 is 0.972 bits per heavy atom. The number of hydrogen-bond donors (Lipinski definition) is 4. The molecule has 2 aromatic heterocycles. The fourth-order valence-corrected chi connectivity index (χ4v) is 3.42. The van der Waals surface area contributed by atoms with Crippen LogP contribution in [-0.2, 0) is 25.3 Å². The van der Waals surface area contributed by atoms with Gasteiger partial charge in [-0.15, -0.1) is 0 Å². The highest BCUT2D eigenvalue weighted by Crippen LogP contribution is 2.33. The first-order valence-corrected chi connectivity index (χ1v) is 12.9. The zero-order valence-electron chi connectivity index (χ0n) is 19.8. The van der Waals surface area contributed by atoms with Gasteiger partial charge in [0, 0.05) is 7.11 Å². The van der Waals surface area contributed by atoms with Crippen LogP contribution in [0.5, 0.6) is 11.8 Å². The molecule has 15 heteroatoms. The molecule has 36 heavy (non-hydrogen) atoms. The monoisotopic (exact) mass is 527 g/mol. The van der Waals surface area contributed by atoms with Gasteiger partial charge in [-0.05, 0) is 17.7 Å². The van der Waals surface area contributed by atoms with E-state index in [4.69, 9.17) is 39.2 Å². The summed E-state index contributed by atoms with van der Waals surface area (Å²) in [4.78, 5) is 41.0. The zero-order valence-corrected chi connectivity index (χ0v) is 20.7. The number of rotatable bonds is 16. The first-order chi connectivity index (χ1) is 17.3. The number of aromatic amines is 1. The molecule has 0 saturated heterocycles. The van der Waals surface area contributed by atoms with Gasteiger partial charge in [0.25, 0.3) is 0 Å². The second-order valence-corrected chi connectivity index (χ2v) is 9.33. The predicted molar refractivity (Wildman–Crippen MR) is 130 cm³/mol. The minimum absolute atomic E-state index is 0.0230. The van der Waals surface area contributed by atoms with Gasteiger partial charge in [-0.25, -0.2) is 4.79 Å². The van der Waals surface area contributed by atoms with Crippen LogP contribution in [0.1, 0.15) is 5.56 Å². The summed E-state index contributed by atoms with van der Waals surface area (Å²) in [5.41, 5.74) is 7.11. The number of benzene rings is 1. The highest BCUT2D eigenvalue weighted by Gasteiger charge is 2.15. The summed E-state index contributed by atoms with van der Waals surface area (Å²) in [5.74, 6) is 0.744. The molecular weight excluding hydrogens is 497 g/mol. The number of fused-ring (bicyclic) bond motifs is 1. The topological polar surface area (TPSA) is 193 Å². The molecule has 0 aliphatic heterocycles. The maximum Gasteiger partial charge on any atom is 0.328 e. The molecule has 14 nitrogen and oxygen atoms in total. The Bertz CT molecular complexity index is 1210. The summed E-state index contributed by atoms with van der Waals surface area (Å²) < 4.78 is 38.6. The Balaban J connectivity index is 1.48. The first-order valence-electron chi connectivity index (χ1n) is 11.1. The third-order valence-corrected chi connectivity index (χ3v) is 5.57. The summed E-state index contributed by atoms with van der Waals surface area (Å²) in [7, 11) is -2.48. The zero-order chi connectivity index (χ0) is 26.0. The fourth-order valence-electron chi connectivity index (χ4n) is 3.06. The Hall–Kier alpha value is -3.00. The van der Waals surface area contributed by atoms with Gasteiger partial charge in [-0.1, -0.05) is 12.1 Å². The van der Waals surface area contributed by atoms with E-state index < -0.39 is 7.60 Å². The molecule has 0 saturated carbocycles. The van der Waals surface area contributed by atoms with E-state index in [9.17, 15) is 9.36 Å². The largest absolute Gasteiger partial charge is 0.491 e. The van der Waals surface area contributed by atoms with E-state index in [1.54, 1.807) is 19.2 Å². The standard InChI is InChI=1S/C21H30N5O9P/c1-31-6-10-35-20-24-18(22)17-19(25-20)26(21(27)23-17)14-15-2-4-16(5-3-15)34-11-9-32-7-8-33-12-13-36(28,29)30/h2-5H,6-14H2,1H3,(H,23,27)(H2,22,24,25)(H2,28,29,30). The molecule has 0 unspecified atom stereocenters. The summed E-state index contributed by atoms with van der Waals surface area (Å²) >= 11 is 0. The number of H-pyrrole nitrogens is 1. The summed E-state index contributed by atoms with van der Waals surface area (Å²) in [6.45, 7) is 1.99. The predicted octanol–water partition coefficient (Wildman–Crippen LogP) is 0.365. The summed E-state index contributed by atoms with van der Waals surface area (Å²) in [5, 5.41) is 0. The number of methoxy groups -OCH3 is 1. The van der Waals surface area contributed by atoms with Gasteiger partial charge in [0.2, 0.25) is 0 Å². The van der Waals surface area contributed by atoms with Crippen LogP contribution >= 0.6 is 7.60 Å². The Morgan fingerprint density at radius 3 is 2.33 bits per heavy atom. The van der Waals surface area contributed by atoms with Crippen LogP contribution < -0.4 is 20.9 Å². The van der Waals surface area contributed by atoms with E-state index in [1.165, 1.54) is 4.57 Å². The van der Waals surface area contributed by atoms with Crippen molar-refractivity contribution < 1.29 is 38.0 Å². The van der Waals surface area contributed by atoms with E-state index in [2.05, 4.69) is 15.0 Å². The van der Waals surface area contributed by atoms with Crippen molar-refractivity contribution in [1.82, 2.24) is 19.5 Å². The van der Waals surface area contributed by atoms with Crippen molar-refractivity contribution >= 4 is 24.6 Å². The molecule has 3 rings (SSSR count). The van der Waals surface area contributed by atoms with Crippen molar-refractivity contribution in [3.05, 3.63) is 40.3 Å².